The minimum absolute atomic E-state index is 0.0507. The highest BCUT2D eigenvalue weighted by molar-refractivity contribution is 5.64. The van der Waals surface area contributed by atoms with Crippen LogP contribution in [0.5, 0.6) is 0 Å². The number of rotatable bonds is 6. The van der Waals surface area contributed by atoms with Crippen molar-refractivity contribution in [1.82, 2.24) is 5.32 Å². The van der Waals surface area contributed by atoms with Crippen LogP contribution in [0.1, 0.15) is 17.2 Å². The molecule has 0 radical (unpaired) electrons. The summed E-state index contributed by atoms with van der Waals surface area (Å²) in [5.74, 6) is 0. The number of halogens is 3. The molecule has 4 N–H and O–H groups in total. The van der Waals surface area contributed by atoms with Crippen LogP contribution in [0, 0.1) is 0 Å². The van der Waals surface area contributed by atoms with E-state index in [4.69, 9.17) is 5.73 Å². The zero-order valence-corrected chi connectivity index (χ0v) is 10.5. The van der Waals surface area contributed by atoms with Crippen LogP contribution >= 0.6 is 0 Å². The molecule has 5 nitrogen and oxygen atoms in total. The third-order valence-corrected chi connectivity index (χ3v) is 2.48. The smallest absolute Gasteiger partial charge is 0.416 e. The van der Waals surface area contributed by atoms with Crippen molar-refractivity contribution in [1.29, 1.82) is 0 Å². The largest absolute Gasteiger partial charge is 0.448 e. The summed E-state index contributed by atoms with van der Waals surface area (Å²) in [4.78, 5) is 10.3. The Balaban J connectivity index is 2.40. The topological polar surface area (TPSA) is 84.6 Å². The molecule has 20 heavy (non-hydrogen) atoms. The first-order valence-corrected chi connectivity index (χ1v) is 5.79. The van der Waals surface area contributed by atoms with E-state index in [0.717, 1.165) is 12.1 Å². The van der Waals surface area contributed by atoms with Gasteiger partial charge in [-0.1, -0.05) is 12.1 Å². The molecular formula is C12H15F3N2O3. The Morgan fingerprint density at radius 1 is 1.35 bits per heavy atom. The van der Waals surface area contributed by atoms with E-state index >= 15 is 0 Å². The van der Waals surface area contributed by atoms with E-state index in [1.54, 1.807) is 0 Å². The molecule has 1 atom stereocenters. The Labute approximate surface area is 113 Å². The fourth-order valence-electron chi connectivity index (χ4n) is 1.47. The van der Waals surface area contributed by atoms with Crippen molar-refractivity contribution in [3.8, 4) is 0 Å². The number of benzene rings is 1. The van der Waals surface area contributed by atoms with Gasteiger partial charge in [0.15, 0.2) is 0 Å². The third-order valence-electron chi connectivity index (χ3n) is 2.48. The molecule has 0 aliphatic heterocycles. The Morgan fingerprint density at radius 2 is 1.95 bits per heavy atom. The lowest BCUT2D eigenvalue weighted by Gasteiger charge is -2.13. The molecule has 0 fully saturated rings. The number of hydrogen-bond acceptors (Lipinski definition) is 4. The molecule has 0 aliphatic rings. The van der Waals surface area contributed by atoms with E-state index in [1.807, 2.05) is 0 Å². The molecule has 0 heterocycles. The molecule has 1 aromatic rings. The van der Waals surface area contributed by atoms with E-state index in [0.29, 0.717) is 5.56 Å². The molecular weight excluding hydrogens is 277 g/mol. The van der Waals surface area contributed by atoms with E-state index in [2.05, 4.69) is 10.1 Å². The first kappa shape index (κ1) is 16.3. The molecule has 112 valence electrons. The molecule has 1 rings (SSSR count). The summed E-state index contributed by atoms with van der Waals surface area (Å²) in [7, 11) is 0. The summed E-state index contributed by atoms with van der Waals surface area (Å²) in [6, 6.07) is 4.26. The van der Waals surface area contributed by atoms with Crippen molar-refractivity contribution in [3.63, 3.8) is 0 Å². The van der Waals surface area contributed by atoms with E-state index in [1.165, 1.54) is 12.1 Å². The van der Waals surface area contributed by atoms with Gasteiger partial charge >= 0.3 is 12.3 Å². The average molecular weight is 292 g/mol. The highest BCUT2D eigenvalue weighted by atomic mass is 19.4. The Bertz CT molecular complexity index is 435. The van der Waals surface area contributed by atoms with Crippen LogP contribution < -0.4 is 11.1 Å². The van der Waals surface area contributed by atoms with Crippen molar-refractivity contribution in [2.75, 3.05) is 19.7 Å². The van der Waals surface area contributed by atoms with Gasteiger partial charge in [-0.05, 0) is 17.7 Å². The van der Waals surface area contributed by atoms with E-state index in [9.17, 15) is 23.1 Å². The van der Waals surface area contributed by atoms with Crippen molar-refractivity contribution in [2.45, 2.75) is 12.3 Å². The van der Waals surface area contributed by atoms with Crippen LogP contribution in [-0.2, 0) is 10.9 Å². The maximum absolute atomic E-state index is 12.3. The number of carbonyl (C=O) groups excluding carboxylic acids is 1. The van der Waals surface area contributed by atoms with Gasteiger partial charge in [-0.3, -0.25) is 0 Å². The summed E-state index contributed by atoms with van der Waals surface area (Å²) >= 11 is 0. The molecule has 0 saturated carbocycles. The van der Waals surface area contributed by atoms with Gasteiger partial charge in [0.2, 0.25) is 0 Å². The Kier molecular flexibility index (Phi) is 5.78. The standard InChI is InChI=1S/C12H15F3N2O3/c13-12(14,15)9-3-1-8(2-4-9)10(18)7-17-5-6-20-11(16)19/h1-4,10,17-18H,5-7H2,(H2,16,19). The second-order valence-corrected chi connectivity index (χ2v) is 4.01. The second kappa shape index (κ2) is 7.11. The Morgan fingerprint density at radius 3 is 2.45 bits per heavy atom. The Hall–Kier alpha value is -1.80. The van der Waals surface area contributed by atoms with Crippen molar-refractivity contribution in [3.05, 3.63) is 35.4 Å². The molecule has 0 aliphatic carbocycles. The number of aliphatic hydroxyl groups is 1. The monoisotopic (exact) mass is 292 g/mol. The van der Waals surface area contributed by atoms with Crippen LogP contribution in [0.3, 0.4) is 0 Å². The SMILES string of the molecule is NC(=O)OCCNCC(O)c1ccc(C(F)(F)F)cc1. The van der Waals surface area contributed by atoms with Gasteiger partial charge in [0.1, 0.15) is 6.61 Å². The average Bonchev–Trinajstić information content (AvgIpc) is 2.37. The summed E-state index contributed by atoms with van der Waals surface area (Å²) in [5, 5.41) is 12.5. The summed E-state index contributed by atoms with van der Waals surface area (Å²) in [5.41, 5.74) is 4.34. The number of nitrogens with one attached hydrogen (secondary N) is 1. The number of nitrogens with two attached hydrogens (primary N) is 1. The van der Waals surface area contributed by atoms with Gasteiger partial charge in [0, 0.05) is 13.1 Å². The van der Waals surface area contributed by atoms with Gasteiger partial charge in [-0.2, -0.15) is 13.2 Å². The van der Waals surface area contributed by atoms with Crippen LogP contribution in [0.25, 0.3) is 0 Å². The number of primary amides is 1. The predicted octanol–water partition coefficient (Wildman–Crippen LogP) is 1.42. The van der Waals surface area contributed by atoms with Crippen LogP contribution in [-0.4, -0.2) is 30.9 Å². The molecule has 0 spiro atoms. The minimum atomic E-state index is -4.40. The first-order valence-electron chi connectivity index (χ1n) is 5.79. The zero-order chi connectivity index (χ0) is 15.2. The second-order valence-electron chi connectivity index (χ2n) is 4.01. The quantitative estimate of drug-likeness (QED) is 0.692. The highest BCUT2D eigenvalue weighted by Gasteiger charge is 2.30. The molecule has 0 saturated heterocycles. The summed E-state index contributed by atoms with van der Waals surface area (Å²) < 4.78 is 41.5. The molecule has 1 aromatic carbocycles. The van der Waals surface area contributed by atoms with Crippen LogP contribution in [0.2, 0.25) is 0 Å². The number of carbonyl (C=O) groups is 1. The number of amides is 1. The number of hydrogen-bond donors (Lipinski definition) is 3. The van der Waals surface area contributed by atoms with Gasteiger partial charge in [-0.15, -0.1) is 0 Å². The summed E-state index contributed by atoms with van der Waals surface area (Å²) in [6.45, 7) is 0.448. The minimum Gasteiger partial charge on any atom is -0.448 e. The van der Waals surface area contributed by atoms with Gasteiger partial charge < -0.3 is 20.9 Å². The van der Waals surface area contributed by atoms with Gasteiger partial charge in [-0.25, -0.2) is 4.79 Å². The van der Waals surface area contributed by atoms with Crippen LogP contribution in [0.4, 0.5) is 18.0 Å². The lowest BCUT2D eigenvalue weighted by atomic mass is 10.1. The third kappa shape index (κ3) is 5.45. The maximum atomic E-state index is 12.3. The first-order chi connectivity index (χ1) is 9.30. The predicted molar refractivity (Wildman–Crippen MR) is 64.8 cm³/mol. The number of ether oxygens (including phenoxy) is 1. The van der Waals surface area contributed by atoms with E-state index in [-0.39, 0.29) is 19.7 Å². The van der Waals surface area contributed by atoms with E-state index < -0.39 is 23.9 Å². The molecule has 1 unspecified atom stereocenters. The maximum Gasteiger partial charge on any atom is 0.416 e. The van der Waals surface area contributed by atoms with Crippen LogP contribution in [0.15, 0.2) is 24.3 Å². The van der Waals surface area contributed by atoms with Crippen molar-refractivity contribution in [2.24, 2.45) is 5.73 Å². The van der Waals surface area contributed by atoms with Gasteiger partial charge in [0.25, 0.3) is 0 Å². The zero-order valence-electron chi connectivity index (χ0n) is 10.5. The van der Waals surface area contributed by atoms with Crippen molar-refractivity contribution < 1.29 is 27.8 Å². The van der Waals surface area contributed by atoms with Gasteiger partial charge in [0.05, 0.1) is 11.7 Å². The lowest BCUT2D eigenvalue weighted by molar-refractivity contribution is -0.137. The molecule has 1 amide bonds. The number of aliphatic hydroxyl groups excluding tert-OH is 1. The fraction of sp³-hybridized carbons (Fsp3) is 0.417. The number of alkyl halides is 3. The molecule has 0 aromatic heterocycles. The summed E-state index contributed by atoms with van der Waals surface area (Å²) in [6.07, 6.45) is -6.24. The normalized spacial score (nSPS) is 13.0. The highest BCUT2D eigenvalue weighted by Crippen LogP contribution is 2.29. The molecule has 0 bridgehead atoms. The van der Waals surface area contributed by atoms with Crippen molar-refractivity contribution >= 4 is 6.09 Å². The molecule has 8 heteroatoms. The fourth-order valence-corrected chi connectivity index (χ4v) is 1.47. The lowest BCUT2D eigenvalue weighted by Crippen LogP contribution is -2.27.